The molecule has 0 aromatic rings. The van der Waals surface area contributed by atoms with Crippen molar-refractivity contribution in [3.8, 4) is 0 Å². The third kappa shape index (κ3) is 2.38. The Bertz CT molecular complexity index is 211. The number of nitrogens with zero attached hydrogens (tertiary/aromatic N) is 1. The summed E-state index contributed by atoms with van der Waals surface area (Å²) in [6, 6.07) is 0. The van der Waals surface area contributed by atoms with Crippen LogP contribution < -0.4 is 0 Å². The van der Waals surface area contributed by atoms with Crippen LogP contribution in [0.15, 0.2) is 0 Å². The van der Waals surface area contributed by atoms with E-state index in [0.717, 1.165) is 25.6 Å². The first-order chi connectivity index (χ1) is 6.74. The van der Waals surface area contributed by atoms with Gasteiger partial charge in [0.15, 0.2) is 6.10 Å². The fourth-order valence-electron chi connectivity index (χ4n) is 1.99. The fourth-order valence-corrected chi connectivity index (χ4v) is 1.99. The lowest BCUT2D eigenvalue weighted by atomic mass is 9.99. The molecule has 0 radical (unpaired) electrons. The summed E-state index contributed by atoms with van der Waals surface area (Å²) in [5, 5.41) is 0. The van der Waals surface area contributed by atoms with Gasteiger partial charge >= 0.3 is 6.16 Å². The molecule has 2 aliphatic rings. The maximum Gasteiger partial charge on any atom is 0.508 e. The van der Waals surface area contributed by atoms with E-state index in [2.05, 4.69) is 11.8 Å². The zero-order chi connectivity index (χ0) is 9.97. The highest BCUT2D eigenvalue weighted by Gasteiger charge is 2.28. The maximum absolute atomic E-state index is 10.7. The molecule has 0 aliphatic carbocycles. The number of likely N-dealkylation sites (tertiary alicyclic amines) is 1. The molecule has 2 heterocycles. The standard InChI is InChI=1S/C10H17NO3/c1-8-2-4-11(5-3-8)6-9-7-13-10(12)14-9/h8-9H,2-7H2,1H3. The molecular formula is C10H17NO3. The smallest absolute Gasteiger partial charge is 0.430 e. The van der Waals surface area contributed by atoms with Crippen LogP contribution in [0.4, 0.5) is 4.79 Å². The van der Waals surface area contributed by atoms with Crippen LogP contribution in [0, 0.1) is 5.92 Å². The van der Waals surface area contributed by atoms with E-state index in [4.69, 9.17) is 9.47 Å². The van der Waals surface area contributed by atoms with Crippen LogP contribution in [0.5, 0.6) is 0 Å². The Morgan fingerprint density at radius 1 is 1.43 bits per heavy atom. The molecule has 0 amide bonds. The van der Waals surface area contributed by atoms with Gasteiger partial charge in [-0.3, -0.25) is 4.90 Å². The van der Waals surface area contributed by atoms with Gasteiger partial charge in [-0.2, -0.15) is 0 Å². The molecule has 0 spiro atoms. The summed E-state index contributed by atoms with van der Waals surface area (Å²) in [5.41, 5.74) is 0. The van der Waals surface area contributed by atoms with Gasteiger partial charge in [0, 0.05) is 6.54 Å². The summed E-state index contributed by atoms with van der Waals surface area (Å²) in [6.07, 6.45) is 1.94. The van der Waals surface area contributed by atoms with Crippen molar-refractivity contribution in [2.45, 2.75) is 25.9 Å². The van der Waals surface area contributed by atoms with Crippen LogP contribution in [0.25, 0.3) is 0 Å². The second-order valence-corrected chi connectivity index (χ2v) is 4.28. The minimum absolute atomic E-state index is 0.0455. The Kier molecular flexibility index (Phi) is 2.91. The van der Waals surface area contributed by atoms with E-state index in [-0.39, 0.29) is 6.10 Å². The lowest BCUT2D eigenvalue weighted by Gasteiger charge is -2.30. The van der Waals surface area contributed by atoms with E-state index in [1.807, 2.05) is 0 Å². The highest BCUT2D eigenvalue weighted by atomic mass is 16.8. The van der Waals surface area contributed by atoms with E-state index < -0.39 is 6.16 Å². The first kappa shape index (κ1) is 9.77. The number of rotatable bonds is 2. The summed E-state index contributed by atoms with van der Waals surface area (Å²) in [5.74, 6) is 0.841. The molecule has 0 aromatic heterocycles. The molecule has 1 unspecified atom stereocenters. The highest BCUT2D eigenvalue weighted by molar-refractivity contribution is 5.61. The van der Waals surface area contributed by atoms with Crippen molar-refractivity contribution in [1.29, 1.82) is 0 Å². The largest absolute Gasteiger partial charge is 0.508 e. The lowest BCUT2D eigenvalue weighted by Crippen LogP contribution is -2.39. The number of ether oxygens (including phenoxy) is 2. The van der Waals surface area contributed by atoms with Crippen LogP contribution >= 0.6 is 0 Å². The summed E-state index contributed by atoms with van der Waals surface area (Å²) >= 11 is 0. The average Bonchev–Trinajstić information content (AvgIpc) is 2.56. The molecule has 0 N–H and O–H groups in total. The van der Waals surface area contributed by atoms with Crippen molar-refractivity contribution in [2.24, 2.45) is 5.92 Å². The van der Waals surface area contributed by atoms with E-state index in [1.54, 1.807) is 0 Å². The molecule has 14 heavy (non-hydrogen) atoms. The topological polar surface area (TPSA) is 38.8 Å². The zero-order valence-corrected chi connectivity index (χ0v) is 8.57. The number of piperidine rings is 1. The van der Waals surface area contributed by atoms with Crippen molar-refractivity contribution >= 4 is 6.16 Å². The first-order valence-corrected chi connectivity index (χ1v) is 5.30. The number of cyclic esters (lactones) is 2. The van der Waals surface area contributed by atoms with Crippen LogP contribution in [0.2, 0.25) is 0 Å². The quantitative estimate of drug-likeness (QED) is 0.627. The second kappa shape index (κ2) is 4.17. The summed E-state index contributed by atoms with van der Waals surface area (Å²) in [4.78, 5) is 13.0. The van der Waals surface area contributed by atoms with Gasteiger partial charge in [0.25, 0.3) is 0 Å². The summed E-state index contributed by atoms with van der Waals surface area (Å²) in [6.45, 7) is 5.78. The summed E-state index contributed by atoms with van der Waals surface area (Å²) < 4.78 is 9.73. The molecule has 80 valence electrons. The van der Waals surface area contributed by atoms with Gasteiger partial charge in [0.1, 0.15) is 6.61 Å². The molecule has 0 bridgehead atoms. The van der Waals surface area contributed by atoms with Crippen molar-refractivity contribution in [3.05, 3.63) is 0 Å². The number of carbonyl (C=O) groups excluding carboxylic acids is 1. The first-order valence-electron chi connectivity index (χ1n) is 5.30. The van der Waals surface area contributed by atoms with Gasteiger partial charge in [-0.1, -0.05) is 6.92 Å². The van der Waals surface area contributed by atoms with E-state index in [1.165, 1.54) is 12.8 Å². The third-order valence-corrected chi connectivity index (χ3v) is 2.99. The SMILES string of the molecule is CC1CCN(CC2COC(=O)O2)CC1. The van der Waals surface area contributed by atoms with E-state index in [0.29, 0.717) is 6.61 Å². The van der Waals surface area contributed by atoms with Gasteiger partial charge in [-0.05, 0) is 31.8 Å². The van der Waals surface area contributed by atoms with Crippen LogP contribution in [-0.2, 0) is 9.47 Å². The van der Waals surface area contributed by atoms with Crippen molar-refractivity contribution < 1.29 is 14.3 Å². The van der Waals surface area contributed by atoms with Crippen molar-refractivity contribution in [2.75, 3.05) is 26.2 Å². The zero-order valence-electron chi connectivity index (χ0n) is 8.57. The predicted octanol–water partition coefficient (Wildman–Crippen LogP) is 1.25. The molecule has 2 saturated heterocycles. The second-order valence-electron chi connectivity index (χ2n) is 4.28. The Morgan fingerprint density at radius 3 is 2.71 bits per heavy atom. The fraction of sp³-hybridized carbons (Fsp3) is 0.900. The Hall–Kier alpha value is -0.770. The molecule has 2 rings (SSSR count). The molecule has 1 atom stereocenters. The number of hydrogen-bond donors (Lipinski definition) is 0. The van der Waals surface area contributed by atoms with Gasteiger partial charge in [-0.15, -0.1) is 0 Å². The monoisotopic (exact) mass is 199 g/mol. The molecule has 0 saturated carbocycles. The van der Waals surface area contributed by atoms with Gasteiger partial charge in [0.2, 0.25) is 0 Å². The molecule has 4 heteroatoms. The minimum Gasteiger partial charge on any atom is -0.430 e. The molecular weight excluding hydrogens is 182 g/mol. The molecule has 0 aromatic carbocycles. The van der Waals surface area contributed by atoms with E-state index in [9.17, 15) is 4.79 Å². The third-order valence-electron chi connectivity index (χ3n) is 2.99. The Labute approximate surface area is 84.2 Å². The Balaban J connectivity index is 1.72. The van der Waals surface area contributed by atoms with Crippen molar-refractivity contribution in [3.63, 3.8) is 0 Å². The number of hydrogen-bond acceptors (Lipinski definition) is 4. The highest BCUT2D eigenvalue weighted by Crippen LogP contribution is 2.17. The minimum atomic E-state index is -0.514. The van der Waals surface area contributed by atoms with Crippen molar-refractivity contribution in [1.82, 2.24) is 4.90 Å². The Morgan fingerprint density at radius 2 is 2.14 bits per heavy atom. The normalized spacial score (nSPS) is 30.1. The van der Waals surface area contributed by atoms with Gasteiger partial charge in [-0.25, -0.2) is 4.79 Å². The van der Waals surface area contributed by atoms with Gasteiger partial charge in [0.05, 0.1) is 0 Å². The maximum atomic E-state index is 10.7. The van der Waals surface area contributed by atoms with Crippen LogP contribution in [-0.4, -0.2) is 43.4 Å². The van der Waals surface area contributed by atoms with Crippen LogP contribution in [0.3, 0.4) is 0 Å². The van der Waals surface area contributed by atoms with Crippen LogP contribution in [0.1, 0.15) is 19.8 Å². The molecule has 2 aliphatic heterocycles. The van der Waals surface area contributed by atoms with E-state index >= 15 is 0 Å². The predicted molar refractivity (Wildman–Crippen MR) is 51.1 cm³/mol. The number of carbonyl (C=O) groups is 1. The summed E-state index contributed by atoms with van der Waals surface area (Å²) in [7, 11) is 0. The average molecular weight is 199 g/mol. The van der Waals surface area contributed by atoms with Gasteiger partial charge < -0.3 is 9.47 Å². The lowest BCUT2D eigenvalue weighted by molar-refractivity contribution is 0.0901. The molecule has 2 fully saturated rings. The molecule has 4 nitrogen and oxygen atoms in total.